The molecular weight excluding hydrogens is 243 g/mol. The quantitative estimate of drug-likeness (QED) is 0.879. The highest BCUT2D eigenvalue weighted by Gasteiger charge is 2.10. The van der Waals surface area contributed by atoms with Crippen molar-refractivity contribution < 1.29 is 14.3 Å². The molecule has 0 saturated carbocycles. The van der Waals surface area contributed by atoms with E-state index in [1.54, 1.807) is 18.2 Å². The maximum absolute atomic E-state index is 12.8. The van der Waals surface area contributed by atoms with Crippen LogP contribution < -0.4 is 0 Å². The summed E-state index contributed by atoms with van der Waals surface area (Å²) >= 11 is 5.76. The minimum absolute atomic E-state index is 0.0356. The SMILES string of the molecule is O=C(O)c1cc(-c2ccc(F)cc2)ccc1Cl. The van der Waals surface area contributed by atoms with E-state index in [2.05, 4.69) is 0 Å². The Hall–Kier alpha value is -1.87. The Morgan fingerprint density at radius 3 is 2.24 bits per heavy atom. The fourth-order valence-electron chi connectivity index (χ4n) is 1.51. The first-order chi connectivity index (χ1) is 8.08. The summed E-state index contributed by atoms with van der Waals surface area (Å²) in [5.74, 6) is -1.42. The average Bonchev–Trinajstić information content (AvgIpc) is 2.30. The molecule has 0 fully saturated rings. The van der Waals surface area contributed by atoms with Crippen LogP contribution in [0.4, 0.5) is 4.39 Å². The Morgan fingerprint density at radius 1 is 1.06 bits per heavy atom. The number of benzene rings is 2. The van der Waals surface area contributed by atoms with Gasteiger partial charge in [0.1, 0.15) is 5.82 Å². The van der Waals surface area contributed by atoms with Crippen molar-refractivity contribution in [1.82, 2.24) is 0 Å². The number of carboxylic acids is 1. The number of halogens is 2. The van der Waals surface area contributed by atoms with Gasteiger partial charge >= 0.3 is 5.97 Å². The van der Waals surface area contributed by atoms with Crippen LogP contribution in [0.3, 0.4) is 0 Å². The number of rotatable bonds is 2. The molecule has 0 radical (unpaired) electrons. The maximum Gasteiger partial charge on any atom is 0.337 e. The first-order valence-corrected chi connectivity index (χ1v) is 5.24. The second-order valence-corrected chi connectivity index (χ2v) is 3.91. The number of carboxylic acid groups (broad SMARTS) is 1. The van der Waals surface area contributed by atoms with Gasteiger partial charge in [0.2, 0.25) is 0 Å². The molecule has 0 bridgehead atoms. The summed E-state index contributed by atoms with van der Waals surface area (Å²) in [5, 5.41) is 9.12. The summed E-state index contributed by atoms with van der Waals surface area (Å²) in [5.41, 5.74) is 1.46. The molecule has 2 rings (SSSR count). The number of aromatic carboxylic acids is 1. The summed E-state index contributed by atoms with van der Waals surface area (Å²) < 4.78 is 12.8. The molecular formula is C13H8ClFO2. The molecule has 0 spiro atoms. The van der Waals surface area contributed by atoms with E-state index in [0.717, 1.165) is 5.56 Å². The van der Waals surface area contributed by atoms with Crippen molar-refractivity contribution in [3.8, 4) is 11.1 Å². The fraction of sp³-hybridized carbons (Fsp3) is 0. The van der Waals surface area contributed by atoms with Gasteiger partial charge in [-0.05, 0) is 35.4 Å². The summed E-state index contributed by atoms with van der Waals surface area (Å²) in [7, 11) is 0. The van der Waals surface area contributed by atoms with Gasteiger partial charge in [-0.25, -0.2) is 9.18 Å². The smallest absolute Gasteiger partial charge is 0.337 e. The van der Waals surface area contributed by atoms with Crippen LogP contribution in [-0.2, 0) is 0 Å². The minimum Gasteiger partial charge on any atom is -0.478 e. The number of carbonyl (C=O) groups is 1. The topological polar surface area (TPSA) is 37.3 Å². The third-order valence-electron chi connectivity index (χ3n) is 2.37. The zero-order chi connectivity index (χ0) is 12.4. The Bertz CT molecular complexity index is 564. The molecule has 17 heavy (non-hydrogen) atoms. The molecule has 0 aromatic heterocycles. The van der Waals surface area contributed by atoms with Gasteiger partial charge in [0.15, 0.2) is 0 Å². The van der Waals surface area contributed by atoms with Crippen LogP contribution in [-0.4, -0.2) is 11.1 Å². The lowest BCUT2D eigenvalue weighted by Gasteiger charge is -2.04. The molecule has 2 aromatic carbocycles. The van der Waals surface area contributed by atoms with E-state index in [9.17, 15) is 9.18 Å². The van der Waals surface area contributed by atoms with Crippen molar-refractivity contribution in [3.05, 3.63) is 58.9 Å². The van der Waals surface area contributed by atoms with Gasteiger partial charge in [0, 0.05) is 0 Å². The normalized spacial score (nSPS) is 10.2. The Labute approximate surface area is 102 Å². The molecule has 0 aliphatic rings. The van der Waals surface area contributed by atoms with Gasteiger partial charge in [0.25, 0.3) is 0 Å². The van der Waals surface area contributed by atoms with Crippen LogP contribution in [0, 0.1) is 5.82 Å². The van der Waals surface area contributed by atoms with E-state index in [0.29, 0.717) is 5.56 Å². The number of hydrogen-bond donors (Lipinski definition) is 1. The summed E-state index contributed by atoms with van der Waals surface area (Å²) in [6, 6.07) is 10.5. The van der Waals surface area contributed by atoms with Crippen molar-refractivity contribution in [3.63, 3.8) is 0 Å². The Morgan fingerprint density at radius 2 is 1.65 bits per heavy atom. The molecule has 2 nitrogen and oxygen atoms in total. The average molecular weight is 251 g/mol. The first kappa shape index (κ1) is 11.6. The molecule has 0 amide bonds. The van der Waals surface area contributed by atoms with Crippen molar-refractivity contribution in [2.45, 2.75) is 0 Å². The second-order valence-electron chi connectivity index (χ2n) is 3.51. The van der Waals surface area contributed by atoms with Gasteiger partial charge in [-0.3, -0.25) is 0 Å². The highest BCUT2D eigenvalue weighted by molar-refractivity contribution is 6.33. The van der Waals surface area contributed by atoms with Crippen molar-refractivity contribution in [2.75, 3.05) is 0 Å². The van der Waals surface area contributed by atoms with Gasteiger partial charge in [-0.1, -0.05) is 29.8 Å². The van der Waals surface area contributed by atoms with Crippen LogP contribution >= 0.6 is 11.6 Å². The van der Waals surface area contributed by atoms with Crippen LogP contribution in [0.15, 0.2) is 42.5 Å². The minimum atomic E-state index is -1.08. The van der Waals surface area contributed by atoms with E-state index < -0.39 is 5.97 Å². The standard InChI is InChI=1S/C13H8ClFO2/c14-12-6-3-9(7-11(12)13(16)17)8-1-4-10(15)5-2-8/h1-7H,(H,16,17). The van der Waals surface area contributed by atoms with Gasteiger partial charge in [-0.2, -0.15) is 0 Å². The molecule has 1 N–H and O–H groups in total. The molecule has 4 heteroatoms. The first-order valence-electron chi connectivity index (χ1n) is 4.87. The van der Waals surface area contributed by atoms with E-state index >= 15 is 0 Å². The van der Waals surface area contributed by atoms with E-state index in [1.807, 2.05) is 0 Å². The largest absolute Gasteiger partial charge is 0.478 e. The van der Waals surface area contributed by atoms with E-state index in [4.69, 9.17) is 16.7 Å². The van der Waals surface area contributed by atoms with Gasteiger partial charge < -0.3 is 5.11 Å². The molecule has 0 unspecified atom stereocenters. The third-order valence-corrected chi connectivity index (χ3v) is 2.70. The van der Waals surface area contributed by atoms with E-state index in [-0.39, 0.29) is 16.4 Å². The second kappa shape index (κ2) is 4.55. The van der Waals surface area contributed by atoms with Crippen molar-refractivity contribution in [1.29, 1.82) is 0 Å². The predicted molar refractivity (Wildman–Crippen MR) is 63.8 cm³/mol. The lowest BCUT2D eigenvalue weighted by molar-refractivity contribution is 0.0697. The third kappa shape index (κ3) is 2.45. The monoisotopic (exact) mass is 250 g/mol. The lowest BCUT2D eigenvalue weighted by atomic mass is 10.0. The fourth-order valence-corrected chi connectivity index (χ4v) is 1.71. The van der Waals surface area contributed by atoms with Gasteiger partial charge in [0.05, 0.1) is 10.6 Å². The molecule has 0 heterocycles. The predicted octanol–water partition coefficient (Wildman–Crippen LogP) is 3.84. The van der Waals surface area contributed by atoms with Crippen molar-refractivity contribution in [2.24, 2.45) is 0 Å². The van der Waals surface area contributed by atoms with Crippen LogP contribution in [0.1, 0.15) is 10.4 Å². The molecule has 2 aromatic rings. The Balaban J connectivity index is 2.50. The maximum atomic E-state index is 12.8. The molecule has 0 aliphatic carbocycles. The van der Waals surface area contributed by atoms with E-state index in [1.165, 1.54) is 24.3 Å². The number of hydrogen-bond acceptors (Lipinski definition) is 1. The molecule has 0 saturated heterocycles. The summed E-state index contributed by atoms with van der Waals surface area (Å²) in [6.45, 7) is 0. The summed E-state index contributed by atoms with van der Waals surface area (Å²) in [6.07, 6.45) is 0. The molecule has 0 aliphatic heterocycles. The van der Waals surface area contributed by atoms with Crippen molar-refractivity contribution >= 4 is 17.6 Å². The van der Waals surface area contributed by atoms with Crippen LogP contribution in [0.2, 0.25) is 5.02 Å². The highest BCUT2D eigenvalue weighted by atomic mass is 35.5. The summed E-state index contributed by atoms with van der Waals surface area (Å²) in [4.78, 5) is 10.9. The lowest BCUT2D eigenvalue weighted by Crippen LogP contribution is -1.97. The Kier molecular flexibility index (Phi) is 3.11. The van der Waals surface area contributed by atoms with Crippen LogP contribution in [0.5, 0.6) is 0 Å². The van der Waals surface area contributed by atoms with Gasteiger partial charge in [-0.15, -0.1) is 0 Å². The zero-order valence-corrected chi connectivity index (χ0v) is 9.41. The highest BCUT2D eigenvalue weighted by Crippen LogP contribution is 2.25. The zero-order valence-electron chi connectivity index (χ0n) is 8.65. The molecule has 0 atom stereocenters. The van der Waals surface area contributed by atoms with Crippen LogP contribution in [0.25, 0.3) is 11.1 Å². The molecule has 86 valence electrons.